The van der Waals surface area contributed by atoms with Crippen molar-refractivity contribution < 1.29 is 19.0 Å². The molecule has 1 amide bonds. The number of nitrogens with zero attached hydrogens (tertiary/aromatic N) is 2. The van der Waals surface area contributed by atoms with Gasteiger partial charge in [0.15, 0.2) is 0 Å². The van der Waals surface area contributed by atoms with Crippen LogP contribution in [0.3, 0.4) is 0 Å². The predicted octanol–water partition coefficient (Wildman–Crippen LogP) is 2.26. The highest BCUT2D eigenvalue weighted by Gasteiger charge is 2.46. The second-order valence-corrected chi connectivity index (χ2v) is 6.80. The van der Waals surface area contributed by atoms with Crippen molar-refractivity contribution in [3.63, 3.8) is 0 Å². The summed E-state index contributed by atoms with van der Waals surface area (Å²) in [4.78, 5) is 15.8. The molecule has 6 nitrogen and oxygen atoms in total. The second-order valence-electron chi connectivity index (χ2n) is 6.80. The van der Waals surface area contributed by atoms with E-state index >= 15 is 0 Å². The molecule has 132 valence electrons. The fraction of sp³-hybridized carbons (Fsp3) is 0.611. The van der Waals surface area contributed by atoms with Crippen LogP contribution < -0.4 is 4.74 Å². The van der Waals surface area contributed by atoms with Gasteiger partial charge in [-0.1, -0.05) is 6.07 Å². The van der Waals surface area contributed by atoms with Crippen molar-refractivity contribution in [2.75, 3.05) is 40.9 Å². The smallest absolute Gasteiger partial charge is 0.410 e. The maximum Gasteiger partial charge on any atom is 0.410 e. The number of piperidine rings is 1. The van der Waals surface area contributed by atoms with Crippen LogP contribution in [-0.2, 0) is 22.6 Å². The van der Waals surface area contributed by atoms with Gasteiger partial charge in [-0.05, 0) is 37.1 Å². The lowest BCUT2D eigenvalue weighted by atomic mass is 9.92. The summed E-state index contributed by atoms with van der Waals surface area (Å²) in [6.45, 7) is 3.86. The molecule has 1 aromatic rings. The molecule has 2 fully saturated rings. The summed E-state index contributed by atoms with van der Waals surface area (Å²) >= 11 is 0. The van der Waals surface area contributed by atoms with Gasteiger partial charge in [0.25, 0.3) is 0 Å². The van der Waals surface area contributed by atoms with E-state index in [9.17, 15) is 4.79 Å². The van der Waals surface area contributed by atoms with Gasteiger partial charge in [-0.15, -0.1) is 0 Å². The van der Waals surface area contributed by atoms with Crippen molar-refractivity contribution in [1.82, 2.24) is 9.80 Å². The molecule has 3 rings (SSSR count). The van der Waals surface area contributed by atoms with E-state index in [-0.39, 0.29) is 11.7 Å². The van der Waals surface area contributed by atoms with Crippen LogP contribution in [0.25, 0.3) is 0 Å². The molecule has 0 bridgehead atoms. The van der Waals surface area contributed by atoms with Crippen molar-refractivity contribution in [2.24, 2.45) is 0 Å². The topological polar surface area (TPSA) is 51.2 Å². The van der Waals surface area contributed by atoms with Gasteiger partial charge in [-0.3, -0.25) is 4.90 Å². The largest absolute Gasteiger partial charge is 0.496 e. The third-order valence-corrected chi connectivity index (χ3v) is 4.81. The van der Waals surface area contributed by atoms with Crippen molar-refractivity contribution in [1.29, 1.82) is 0 Å². The molecule has 2 aliphatic rings. The average Bonchev–Trinajstić information content (AvgIpc) is 2.81. The Labute approximate surface area is 143 Å². The van der Waals surface area contributed by atoms with Crippen LogP contribution in [-0.4, -0.2) is 62.4 Å². The Morgan fingerprint density at radius 3 is 2.79 bits per heavy atom. The molecule has 0 saturated carbocycles. The molecule has 1 aromatic carbocycles. The second kappa shape index (κ2) is 6.99. The Morgan fingerprint density at radius 1 is 1.29 bits per heavy atom. The number of benzene rings is 1. The van der Waals surface area contributed by atoms with Crippen LogP contribution in [0.5, 0.6) is 5.75 Å². The van der Waals surface area contributed by atoms with E-state index in [1.165, 1.54) is 5.56 Å². The Kier molecular flexibility index (Phi) is 4.96. The minimum atomic E-state index is -0.341. The number of hydrogen-bond acceptors (Lipinski definition) is 5. The van der Waals surface area contributed by atoms with E-state index in [1.54, 1.807) is 26.2 Å². The highest BCUT2D eigenvalue weighted by atomic mass is 16.6. The van der Waals surface area contributed by atoms with Gasteiger partial charge in [0.1, 0.15) is 11.4 Å². The summed E-state index contributed by atoms with van der Waals surface area (Å²) in [5.74, 6) is 0.849. The Bertz CT molecular complexity index is 607. The first-order chi connectivity index (χ1) is 11.5. The molecule has 1 spiro atoms. The molecular formula is C18H26N2O4. The summed E-state index contributed by atoms with van der Waals surface area (Å²) in [7, 11) is 5.16. The molecule has 0 aliphatic carbocycles. The van der Waals surface area contributed by atoms with Gasteiger partial charge in [-0.25, -0.2) is 4.79 Å². The van der Waals surface area contributed by atoms with Gasteiger partial charge in [0.05, 0.1) is 20.3 Å². The van der Waals surface area contributed by atoms with Crippen LogP contribution in [0.2, 0.25) is 0 Å². The van der Waals surface area contributed by atoms with E-state index in [2.05, 4.69) is 17.0 Å². The lowest BCUT2D eigenvalue weighted by Gasteiger charge is -2.38. The van der Waals surface area contributed by atoms with Gasteiger partial charge in [0, 0.05) is 32.8 Å². The first-order valence-corrected chi connectivity index (χ1v) is 8.36. The third-order valence-electron chi connectivity index (χ3n) is 4.81. The van der Waals surface area contributed by atoms with Crippen LogP contribution in [0, 0.1) is 0 Å². The Balaban J connectivity index is 1.69. The van der Waals surface area contributed by atoms with Crippen molar-refractivity contribution in [3.8, 4) is 5.75 Å². The summed E-state index contributed by atoms with van der Waals surface area (Å²) in [6.07, 6.45) is 1.78. The van der Waals surface area contributed by atoms with Crippen LogP contribution in [0.1, 0.15) is 24.0 Å². The van der Waals surface area contributed by atoms with Crippen LogP contribution >= 0.6 is 0 Å². The van der Waals surface area contributed by atoms with E-state index in [0.29, 0.717) is 13.2 Å². The van der Waals surface area contributed by atoms with Crippen molar-refractivity contribution in [3.05, 3.63) is 29.3 Å². The minimum Gasteiger partial charge on any atom is -0.496 e. The quantitative estimate of drug-likeness (QED) is 0.827. The zero-order chi connectivity index (χ0) is 17.2. The summed E-state index contributed by atoms with van der Waals surface area (Å²) in [5, 5.41) is 0. The minimum absolute atomic E-state index is 0.205. The molecule has 2 saturated heterocycles. The third kappa shape index (κ3) is 3.49. The standard InChI is InChI=1S/C18H26N2O4/c1-19-12-18(24-17(19)21)7-4-8-20(13-18)10-14-5-6-16(23-3)15(9-14)11-22-2/h5-6,9H,4,7-8,10-13H2,1-3H3/t18-/m0/s1. The SMILES string of the molecule is COCc1cc(CN2CCC[C@@]3(C2)CN(C)C(=O)O3)ccc1OC. The van der Waals surface area contributed by atoms with E-state index in [1.807, 2.05) is 6.07 Å². The number of rotatable bonds is 5. The maximum atomic E-state index is 11.8. The number of carbonyl (C=O) groups is 1. The predicted molar refractivity (Wildman–Crippen MR) is 90.1 cm³/mol. The zero-order valence-corrected chi connectivity index (χ0v) is 14.7. The van der Waals surface area contributed by atoms with Crippen molar-refractivity contribution >= 4 is 6.09 Å². The summed E-state index contributed by atoms with van der Waals surface area (Å²) < 4.78 is 16.3. The first-order valence-electron chi connectivity index (χ1n) is 8.36. The number of likely N-dealkylation sites (N-methyl/N-ethyl adjacent to an activating group) is 1. The highest BCUT2D eigenvalue weighted by Crippen LogP contribution is 2.32. The molecule has 0 N–H and O–H groups in total. The Morgan fingerprint density at radius 2 is 2.12 bits per heavy atom. The van der Waals surface area contributed by atoms with E-state index in [4.69, 9.17) is 14.2 Å². The fourth-order valence-electron chi connectivity index (χ4n) is 3.79. The molecule has 2 heterocycles. The molecule has 0 radical (unpaired) electrons. The molecule has 6 heteroatoms. The molecule has 1 atom stereocenters. The van der Waals surface area contributed by atoms with Gasteiger partial charge < -0.3 is 19.1 Å². The van der Waals surface area contributed by atoms with Crippen LogP contribution in [0.15, 0.2) is 18.2 Å². The van der Waals surface area contributed by atoms with Gasteiger partial charge >= 0.3 is 6.09 Å². The monoisotopic (exact) mass is 334 g/mol. The number of hydrogen-bond donors (Lipinski definition) is 0. The molecule has 2 aliphatic heterocycles. The lowest BCUT2D eigenvalue weighted by Crippen LogP contribution is -2.50. The number of likely N-dealkylation sites (tertiary alicyclic amines) is 1. The average molecular weight is 334 g/mol. The van der Waals surface area contributed by atoms with E-state index < -0.39 is 0 Å². The normalized spacial score (nSPS) is 24.5. The zero-order valence-electron chi connectivity index (χ0n) is 14.7. The first kappa shape index (κ1) is 17.0. The number of ether oxygens (including phenoxy) is 3. The van der Waals surface area contributed by atoms with Gasteiger partial charge in [0.2, 0.25) is 0 Å². The molecule has 24 heavy (non-hydrogen) atoms. The van der Waals surface area contributed by atoms with Crippen LogP contribution in [0.4, 0.5) is 4.79 Å². The lowest BCUT2D eigenvalue weighted by molar-refractivity contribution is -0.0113. The van der Waals surface area contributed by atoms with E-state index in [0.717, 1.165) is 43.8 Å². The molecular weight excluding hydrogens is 308 g/mol. The number of amides is 1. The molecule has 0 aromatic heterocycles. The van der Waals surface area contributed by atoms with Gasteiger partial charge in [-0.2, -0.15) is 0 Å². The highest BCUT2D eigenvalue weighted by molar-refractivity contribution is 5.70. The number of methoxy groups -OCH3 is 2. The maximum absolute atomic E-state index is 11.8. The summed E-state index contributed by atoms with van der Waals surface area (Å²) in [5.41, 5.74) is 1.93. The fourth-order valence-corrected chi connectivity index (χ4v) is 3.79. The number of carbonyl (C=O) groups excluding carboxylic acids is 1. The summed E-state index contributed by atoms with van der Waals surface area (Å²) in [6, 6.07) is 6.22. The Hall–Kier alpha value is -1.79. The van der Waals surface area contributed by atoms with Crippen molar-refractivity contribution in [2.45, 2.75) is 31.6 Å². The molecule has 0 unspecified atom stereocenters.